The Labute approximate surface area is 203 Å². The first kappa shape index (κ1) is 24.0. The largest absolute Gasteiger partial charge is 0.460 e. The van der Waals surface area contributed by atoms with Crippen molar-refractivity contribution in [1.29, 1.82) is 0 Å². The van der Waals surface area contributed by atoms with E-state index < -0.39 is 17.4 Å². The number of hydrogen-bond acceptors (Lipinski definition) is 6. The average molecular weight is 471 g/mol. The van der Waals surface area contributed by atoms with Crippen LogP contribution in [-0.2, 0) is 12.8 Å². The molecule has 0 bridgehead atoms. The van der Waals surface area contributed by atoms with E-state index in [1.54, 1.807) is 24.3 Å². The maximum atomic E-state index is 12.7. The summed E-state index contributed by atoms with van der Waals surface area (Å²) in [7, 11) is 0. The maximum absolute atomic E-state index is 12.7. The molecule has 0 unspecified atom stereocenters. The SMILES string of the molecule is CCCc1ccc(C(=O)Oc2ccc(OC(=O)c3ccc(CCC)cc3)c3c(=O)ccoc23)cc1. The van der Waals surface area contributed by atoms with Crippen molar-refractivity contribution < 1.29 is 23.5 Å². The summed E-state index contributed by atoms with van der Waals surface area (Å²) in [5.74, 6) is -1.10. The molecule has 0 aliphatic heterocycles. The van der Waals surface area contributed by atoms with Gasteiger partial charge < -0.3 is 13.9 Å². The first-order valence-corrected chi connectivity index (χ1v) is 11.7. The number of benzene rings is 3. The van der Waals surface area contributed by atoms with Gasteiger partial charge in [0.05, 0.1) is 17.4 Å². The highest BCUT2D eigenvalue weighted by Gasteiger charge is 2.19. The third-order valence-electron chi connectivity index (χ3n) is 5.60. The monoisotopic (exact) mass is 470 g/mol. The van der Waals surface area contributed by atoms with Crippen LogP contribution in [0.4, 0.5) is 0 Å². The molecule has 0 aliphatic rings. The number of esters is 2. The second-order valence-corrected chi connectivity index (χ2v) is 8.22. The van der Waals surface area contributed by atoms with Gasteiger partial charge >= 0.3 is 11.9 Å². The van der Waals surface area contributed by atoms with Crippen molar-refractivity contribution in [2.45, 2.75) is 39.5 Å². The fraction of sp³-hybridized carbons (Fsp3) is 0.207. The molecule has 6 heteroatoms. The molecule has 1 heterocycles. The van der Waals surface area contributed by atoms with Crippen LogP contribution < -0.4 is 14.9 Å². The molecule has 4 rings (SSSR count). The summed E-state index contributed by atoms with van der Waals surface area (Å²) in [6, 6.07) is 18.4. The minimum atomic E-state index is -0.602. The lowest BCUT2D eigenvalue weighted by molar-refractivity contribution is 0.0721. The summed E-state index contributed by atoms with van der Waals surface area (Å²) in [6.45, 7) is 4.17. The predicted molar refractivity (Wildman–Crippen MR) is 133 cm³/mol. The lowest BCUT2D eigenvalue weighted by Gasteiger charge is -2.11. The highest BCUT2D eigenvalue weighted by molar-refractivity contribution is 5.97. The lowest BCUT2D eigenvalue weighted by Crippen LogP contribution is -2.13. The number of rotatable bonds is 8. The van der Waals surface area contributed by atoms with Gasteiger partial charge in [0.1, 0.15) is 11.1 Å². The van der Waals surface area contributed by atoms with Gasteiger partial charge in [0.25, 0.3) is 0 Å². The normalized spacial score (nSPS) is 10.8. The molecule has 0 fully saturated rings. The van der Waals surface area contributed by atoms with E-state index in [9.17, 15) is 14.4 Å². The van der Waals surface area contributed by atoms with Gasteiger partial charge in [0, 0.05) is 6.07 Å². The molecule has 0 spiro atoms. The molecule has 6 nitrogen and oxygen atoms in total. The number of fused-ring (bicyclic) bond motifs is 1. The van der Waals surface area contributed by atoms with Crippen LogP contribution in [0.15, 0.2) is 82.2 Å². The Morgan fingerprint density at radius 1 is 0.686 bits per heavy atom. The Morgan fingerprint density at radius 2 is 1.17 bits per heavy atom. The standard InChI is InChI=1S/C29H26O6/c1-3-5-19-7-11-21(12-8-19)28(31)34-24-15-16-25(27-26(24)23(30)17-18-33-27)35-29(32)22-13-9-20(6-4-2)10-14-22/h7-18H,3-6H2,1-2H3. The Bertz CT molecular complexity index is 1400. The van der Waals surface area contributed by atoms with Crippen LogP contribution in [0.25, 0.3) is 11.0 Å². The van der Waals surface area contributed by atoms with Crippen LogP contribution in [-0.4, -0.2) is 11.9 Å². The van der Waals surface area contributed by atoms with Crippen LogP contribution in [0.3, 0.4) is 0 Å². The highest BCUT2D eigenvalue weighted by atomic mass is 16.5. The number of carbonyl (C=O) groups excluding carboxylic acids is 2. The maximum Gasteiger partial charge on any atom is 0.343 e. The molecule has 0 atom stereocenters. The third kappa shape index (κ3) is 5.49. The summed E-state index contributed by atoms with van der Waals surface area (Å²) in [4.78, 5) is 38.1. The van der Waals surface area contributed by atoms with Crippen molar-refractivity contribution in [1.82, 2.24) is 0 Å². The van der Waals surface area contributed by atoms with Crippen molar-refractivity contribution >= 4 is 22.9 Å². The first-order chi connectivity index (χ1) is 17.0. The minimum Gasteiger partial charge on any atom is -0.460 e. The Hall–Kier alpha value is -4.19. The van der Waals surface area contributed by atoms with Crippen LogP contribution >= 0.6 is 0 Å². The van der Waals surface area contributed by atoms with Gasteiger partial charge in [-0.2, -0.15) is 0 Å². The Kier molecular flexibility index (Phi) is 7.41. The average Bonchev–Trinajstić information content (AvgIpc) is 2.86. The lowest BCUT2D eigenvalue weighted by atomic mass is 10.1. The first-order valence-electron chi connectivity index (χ1n) is 11.7. The zero-order valence-electron chi connectivity index (χ0n) is 19.7. The summed E-state index contributed by atoms with van der Waals surface area (Å²) in [5, 5.41) is 0.0204. The summed E-state index contributed by atoms with van der Waals surface area (Å²) in [6.07, 6.45) is 5.07. The molecule has 1 aromatic heterocycles. The highest BCUT2D eigenvalue weighted by Crippen LogP contribution is 2.32. The number of ether oxygens (including phenoxy) is 2. The minimum absolute atomic E-state index is 0.0204. The number of hydrogen-bond donors (Lipinski definition) is 0. The van der Waals surface area contributed by atoms with E-state index in [0.717, 1.165) is 36.8 Å². The molecule has 0 N–H and O–H groups in total. The van der Waals surface area contributed by atoms with Gasteiger partial charge in [-0.25, -0.2) is 9.59 Å². The predicted octanol–water partition coefficient (Wildman–Crippen LogP) is 6.14. The molecule has 4 aromatic rings. The topological polar surface area (TPSA) is 82.8 Å². The molecule has 3 aromatic carbocycles. The van der Waals surface area contributed by atoms with Gasteiger partial charge in [-0.1, -0.05) is 51.0 Å². The summed E-state index contributed by atoms with van der Waals surface area (Å²) >= 11 is 0. The second kappa shape index (κ2) is 10.8. The van der Waals surface area contributed by atoms with Gasteiger partial charge in [0.15, 0.2) is 16.8 Å². The Morgan fingerprint density at radius 3 is 1.69 bits per heavy atom. The van der Waals surface area contributed by atoms with E-state index in [-0.39, 0.29) is 22.5 Å². The van der Waals surface area contributed by atoms with E-state index in [1.807, 2.05) is 24.3 Å². The van der Waals surface area contributed by atoms with Crippen LogP contribution in [0.1, 0.15) is 58.5 Å². The number of aryl methyl sites for hydroxylation is 2. The molecule has 0 aliphatic carbocycles. The Balaban J connectivity index is 1.60. The molecule has 0 radical (unpaired) electrons. The second-order valence-electron chi connectivity index (χ2n) is 8.22. The number of carbonyl (C=O) groups is 2. The van der Waals surface area contributed by atoms with E-state index in [2.05, 4.69) is 13.8 Å². The molecule has 35 heavy (non-hydrogen) atoms. The van der Waals surface area contributed by atoms with Gasteiger partial charge in [-0.15, -0.1) is 0 Å². The van der Waals surface area contributed by atoms with Crippen molar-refractivity contribution in [2.75, 3.05) is 0 Å². The molecule has 0 saturated heterocycles. The van der Waals surface area contributed by atoms with Crippen LogP contribution in [0, 0.1) is 0 Å². The van der Waals surface area contributed by atoms with Crippen LogP contribution in [0.2, 0.25) is 0 Å². The van der Waals surface area contributed by atoms with Gasteiger partial charge in [0.2, 0.25) is 0 Å². The third-order valence-corrected chi connectivity index (χ3v) is 5.60. The van der Waals surface area contributed by atoms with E-state index in [4.69, 9.17) is 13.9 Å². The van der Waals surface area contributed by atoms with Crippen LogP contribution in [0.5, 0.6) is 11.5 Å². The van der Waals surface area contributed by atoms with Crippen molar-refractivity contribution in [2.24, 2.45) is 0 Å². The van der Waals surface area contributed by atoms with Crippen molar-refractivity contribution in [3.05, 3.63) is 105 Å². The zero-order valence-corrected chi connectivity index (χ0v) is 19.7. The smallest absolute Gasteiger partial charge is 0.343 e. The van der Waals surface area contributed by atoms with E-state index in [1.165, 1.54) is 24.5 Å². The van der Waals surface area contributed by atoms with Gasteiger partial charge in [-0.3, -0.25) is 4.79 Å². The van der Waals surface area contributed by atoms with Crippen molar-refractivity contribution in [3.63, 3.8) is 0 Å². The molecular weight excluding hydrogens is 444 g/mol. The zero-order chi connectivity index (χ0) is 24.8. The molecular formula is C29H26O6. The van der Waals surface area contributed by atoms with Gasteiger partial charge in [-0.05, 0) is 60.4 Å². The molecule has 0 amide bonds. The summed E-state index contributed by atoms with van der Waals surface area (Å²) in [5.41, 5.74) is 2.60. The molecule has 0 saturated carbocycles. The van der Waals surface area contributed by atoms with E-state index in [0.29, 0.717) is 11.1 Å². The summed E-state index contributed by atoms with van der Waals surface area (Å²) < 4.78 is 16.6. The quantitative estimate of drug-likeness (QED) is 0.227. The molecule has 178 valence electrons. The van der Waals surface area contributed by atoms with Crippen molar-refractivity contribution in [3.8, 4) is 11.5 Å². The van der Waals surface area contributed by atoms with E-state index >= 15 is 0 Å². The fourth-order valence-corrected chi connectivity index (χ4v) is 3.82. The fourth-order valence-electron chi connectivity index (χ4n) is 3.82.